The first-order chi connectivity index (χ1) is 8.86. The van der Waals surface area contributed by atoms with E-state index in [1.165, 1.54) is 37.4 Å². The normalized spacial score (nSPS) is 19.3. The number of hydrogen-bond acceptors (Lipinski definition) is 5. The van der Waals surface area contributed by atoms with Crippen molar-refractivity contribution >= 4 is 33.6 Å². The third kappa shape index (κ3) is 4.74. The monoisotopic (exact) mass is 330 g/mol. The van der Waals surface area contributed by atoms with E-state index in [0.717, 1.165) is 23.5 Å². The van der Waals surface area contributed by atoms with Crippen molar-refractivity contribution in [2.75, 3.05) is 42.6 Å². The Kier molecular flexibility index (Phi) is 6.23. The van der Waals surface area contributed by atoms with Crippen LogP contribution in [-0.2, 0) is 0 Å². The molecule has 1 aromatic rings. The van der Waals surface area contributed by atoms with E-state index >= 15 is 0 Å². The first-order valence-corrected chi connectivity index (χ1v) is 8.32. The van der Waals surface area contributed by atoms with Crippen molar-refractivity contribution in [3.05, 3.63) is 16.9 Å². The lowest BCUT2D eigenvalue weighted by atomic mass is 10.4. The van der Waals surface area contributed by atoms with Crippen molar-refractivity contribution in [2.24, 2.45) is 0 Å². The molecule has 0 aromatic carbocycles. The highest BCUT2D eigenvalue weighted by atomic mass is 79.9. The van der Waals surface area contributed by atoms with Crippen molar-refractivity contribution in [2.45, 2.75) is 12.8 Å². The highest BCUT2D eigenvalue weighted by Gasteiger charge is 2.12. The molecule has 2 saturated heterocycles. The van der Waals surface area contributed by atoms with Crippen LogP contribution in [0.15, 0.2) is 16.9 Å². The number of anilines is 1. The van der Waals surface area contributed by atoms with Crippen LogP contribution in [0.4, 0.5) is 5.95 Å². The van der Waals surface area contributed by atoms with E-state index in [4.69, 9.17) is 0 Å². The molecule has 3 heterocycles. The van der Waals surface area contributed by atoms with E-state index in [0.29, 0.717) is 0 Å². The molecule has 0 spiro atoms. The average molecular weight is 331 g/mol. The minimum atomic E-state index is 0.850. The quantitative estimate of drug-likeness (QED) is 0.854. The maximum absolute atomic E-state index is 4.26. The Bertz CT molecular complexity index is 329. The van der Waals surface area contributed by atoms with Gasteiger partial charge in [0.25, 0.3) is 0 Å². The molecule has 2 fully saturated rings. The molecule has 6 heteroatoms. The van der Waals surface area contributed by atoms with Crippen LogP contribution in [-0.4, -0.2) is 47.7 Å². The van der Waals surface area contributed by atoms with Crippen molar-refractivity contribution in [1.82, 2.24) is 15.3 Å². The van der Waals surface area contributed by atoms with Crippen LogP contribution in [0.25, 0.3) is 0 Å². The maximum atomic E-state index is 4.26. The Hall–Kier alpha value is -0.330. The SMILES string of the molecule is Brc1cnc(N2CCSCC2)nc1.C1CCNC1. The fraction of sp³-hybridized carbons (Fsp3) is 0.667. The molecule has 100 valence electrons. The molecule has 3 rings (SSSR count). The van der Waals surface area contributed by atoms with E-state index in [-0.39, 0.29) is 0 Å². The summed E-state index contributed by atoms with van der Waals surface area (Å²) in [6.07, 6.45) is 6.37. The van der Waals surface area contributed by atoms with Crippen molar-refractivity contribution < 1.29 is 0 Å². The molecule has 0 atom stereocenters. The van der Waals surface area contributed by atoms with E-state index in [2.05, 4.69) is 36.1 Å². The number of thioether (sulfide) groups is 1. The molecule has 1 N–H and O–H groups in total. The molecule has 0 radical (unpaired) electrons. The van der Waals surface area contributed by atoms with Gasteiger partial charge in [0.15, 0.2) is 0 Å². The Labute approximate surface area is 121 Å². The van der Waals surface area contributed by atoms with Gasteiger partial charge in [0.1, 0.15) is 0 Å². The molecule has 0 bridgehead atoms. The van der Waals surface area contributed by atoms with Gasteiger partial charge in [-0.3, -0.25) is 0 Å². The Morgan fingerprint density at radius 1 is 1.11 bits per heavy atom. The highest BCUT2D eigenvalue weighted by molar-refractivity contribution is 9.10. The molecule has 4 nitrogen and oxygen atoms in total. The van der Waals surface area contributed by atoms with Crippen LogP contribution >= 0.6 is 27.7 Å². The lowest BCUT2D eigenvalue weighted by molar-refractivity contribution is 0.814. The van der Waals surface area contributed by atoms with Crippen LogP contribution in [0.1, 0.15) is 12.8 Å². The van der Waals surface area contributed by atoms with E-state index in [1.807, 2.05) is 11.8 Å². The van der Waals surface area contributed by atoms with E-state index < -0.39 is 0 Å². The van der Waals surface area contributed by atoms with Crippen molar-refractivity contribution in [3.63, 3.8) is 0 Å². The van der Waals surface area contributed by atoms with Crippen LogP contribution < -0.4 is 10.2 Å². The topological polar surface area (TPSA) is 41.1 Å². The van der Waals surface area contributed by atoms with Gasteiger partial charge in [-0.1, -0.05) is 0 Å². The molecule has 1 aromatic heterocycles. The summed E-state index contributed by atoms with van der Waals surface area (Å²) in [5.74, 6) is 3.21. The lowest BCUT2D eigenvalue weighted by Gasteiger charge is -2.25. The summed E-state index contributed by atoms with van der Waals surface area (Å²) >= 11 is 5.31. The summed E-state index contributed by atoms with van der Waals surface area (Å²) in [4.78, 5) is 10.7. The molecule has 0 saturated carbocycles. The van der Waals surface area contributed by atoms with Crippen molar-refractivity contribution in [1.29, 1.82) is 0 Å². The number of hydrogen-bond donors (Lipinski definition) is 1. The number of nitrogens with zero attached hydrogens (tertiary/aromatic N) is 3. The molecular formula is C12H19BrN4S. The molecule has 2 aliphatic heterocycles. The third-order valence-corrected chi connectivity index (χ3v) is 4.21. The van der Waals surface area contributed by atoms with Gasteiger partial charge in [0.2, 0.25) is 5.95 Å². The fourth-order valence-corrected chi connectivity index (χ4v) is 2.96. The number of nitrogens with one attached hydrogen (secondary N) is 1. The Morgan fingerprint density at radius 2 is 1.72 bits per heavy atom. The average Bonchev–Trinajstić information content (AvgIpc) is 3.00. The predicted octanol–water partition coefficient (Wildman–Crippen LogP) is 2.16. The summed E-state index contributed by atoms with van der Waals surface area (Å²) < 4.78 is 0.933. The van der Waals surface area contributed by atoms with Crippen LogP contribution in [0.5, 0.6) is 0 Å². The highest BCUT2D eigenvalue weighted by Crippen LogP contribution is 2.15. The zero-order chi connectivity index (χ0) is 12.6. The van der Waals surface area contributed by atoms with Gasteiger partial charge >= 0.3 is 0 Å². The predicted molar refractivity (Wildman–Crippen MR) is 81.4 cm³/mol. The van der Waals surface area contributed by atoms with Gasteiger partial charge in [-0.25, -0.2) is 9.97 Å². The van der Waals surface area contributed by atoms with Gasteiger partial charge in [0.05, 0.1) is 4.47 Å². The molecular weight excluding hydrogens is 312 g/mol. The summed E-state index contributed by atoms with van der Waals surface area (Å²) in [5, 5.41) is 3.22. The Morgan fingerprint density at radius 3 is 2.22 bits per heavy atom. The minimum Gasteiger partial charge on any atom is -0.339 e. The second-order valence-electron chi connectivity index (χ2n) is 4.26. The minimum absolute atomic E-state index is 0.850. The van der Waals surface area contributed by atoms with E-state index in [1.54, 1.807) is 12.4 Å². The Balaban J connectivity index is 0.000000202. The number of halogens is 1. The summed E-state index contributed by atoms with van der Waals surface area (Å²) in [6.45, 7) is 4.62. The first-order valence-electron chi connectivity index (χ1n) is 6.37. The zero-order valence-electron chi connectivity index (χ0n) is 10.4. The maximum Gasteiger partial charge on any atom is 0.225 e. The van der Waals surface area contributed by atoms with Gasteiger partial charge in [-0.05, 0) is 41.9 Å². The fourth-order valence-electron chi connectivity index (χ4n) is 1.86. The largest absolute Gasteiger partial charge is 0.339 e. The van der Waals surface area contributed by atoms with Gasteiger partial charge in [-0.2, -0.15) is 11.8 Å². The third-order valence-electron chi connectivity index (χ3n) is 2.86. The van der Waals surface area contributed by atoms with Gasteiger partial charge in [0, 0.05) is 37.0 Å². The van der Waals surface area contributed by atoms with Crippen LogP contribution in [0, 0.1) is 0 Å². The summed E-state index contributed by atoms with van der Waals surface area (Å²) in [6, 6.07) is 0. The summed E-state index contributed by atoms with van der Waals surface area (Å²) in [7, 11) is 0. The van der Waals surface area contributed by atoms with Crippen LogP contribution in [0.2, 0.25) is 0 Å². The number of aromatic nitrogens is 2. The van der Waals surface area contributed by atoms with Gasteiger partial charge in [-0.15, -0.1) is 0 Å². The van der Waals surface area contributed by atoms with Gasteiger partial charge < -0.3 is 10.2 Å². The molecule has 0 aliphatic carbocycles. The van der Waals surface area contributed by atoms with E-state index in [9.17, 15) is 0 Å². The second kappa shape index (κ2) is 7.96. The standard InChI is InChI=1S/C8H10BrN3S.C4H9N/c9-7-5-10-8(11-6-7)12-1-3-13-4-2-12;1-2-4-5-3-1/h5-6H,1-4H2;5H,1-4H2. The zero-order valence-corrected chi connectivity index (χ0v) is 12.8. The molecule has 2 aliphatic rings. The second-order valence-corrected chi connectivity index (χ2v) is 6.40. The number of rotatable bonds is 1. The van der Waals surface area contributed by atoms with Crippen molar-refractivity contribution in [3.8, 4) is 0 Å². The smallest absolute Gasteiger partial charge is 0.225 e. The van der Waals surface area contributed by atoms with Crippen LogP contribution in [0.3, 0.4) is 0 Å². The summed E-state index contributed by atoms with van der Waals surface area (Å²) in [5.41, 5.74) is 0. The molecule has 0 unspecified atom stereocenters. The first kappa shape index (κ1) is 14.1. The lowest BCUT2D eigenvalue weighted by Crippen LogP contribution is -2.33. The molecule has 18 heavy (non-hydrogen) atoms. The molecule has 0 amide bonds.